The maximum atomic E-state index is 5.42. The minimum Gasteiger partial charge on any atom is -0.318 e. The number of terminal acetylenes is 1. The van der Waals surface area contributed by atoms with Gasteiger partial charge in [-0.15, -0.1) is 6.42 Å². The number of hydrogen-bond acceptors (Lipinski definition) is 1. The Balaban J connectivity index is 3.02. The van der Waals surface area contributed by atoms with Crippen molar-refractivity contribution in [3.8, 4) is 12.3 Å². The summed E-state index contributed by atoms with van der Waals surface area (Å²) in [6, 6.07) is -0.0186. The molecule has 0 aliphatic carbocycles. The van der Waals surface area contributed by atoms with Crippen molar-refractivity contribution in [1.82, 2.24) is 0 Å². The predicted molar refractivity (Wildman–Crippen MR) is 36.3 cm³/mol. The van der Waals surface area contributed by atoms with E-state index in [1.54, 1.807) is 0 Å². The maximum absolute atomic E-state index is 5.42. The summed E-state index contributed by atoms with van der Waals surface area (Å²) in [6.07, 6.45) is 8.32. The average Bonchev–Trinajstić information content (AvgIpc) is 1.83. The van der Waals surface area contributed by atoms with Crippen LogP contribution in [0, 0.1) is 12.3 Å². The van der Waals surface area contributed by atoms with Gasteiger partial charge in [0.2, 0.25) is 0 Å². The lowest BCUT2D eigenvalue weighted by Gasteiger charge is -1.99. The van der Waals surface area contributed by atoms with Crippen LogP contribution in [0.3, 0.4) is 0 Å². The van der Waals surface area contributed by atoms with Gasteiger partial charge in [0.1, 0.15) is 0 Å². The molecule has 0 saturated heterocycles. The standard InChI is InChI=1S/C7H13N/c1-3-5-6-7(8)4-2/h2,7H,3,5-6,8H2,1H3. The maximum Gasteiger partial charge on any atom is 0.0661 e. The van der Waals surface area contributed by atoms with Gasteiger partial charge in [0.25, 0.3) is 0 Å². The number of nitrogens with two attached hydrogens (primary N) is 1. The molecule has 0 saturated carbocycles. The first kappa shape index (κ1) is 7.52. The van der Waals surface area contributed by atoms with Crippen LogP contribution in [0.5, 0.6) is 0 Å². The van der Waals surface area contributed by atoms with Crippen LogP contribution in [0.2, 0.25) is 0 Å². The van der Waals surface area contributed by atoms with Gasteiger partial charge in [-0.3, -0.25) is 0 Å². The van der Waals surface area contributed by atoms with E-state index in [2.05, 4.69) is 12.8 Å². The minimum atomic E-state index is -0.0186. The topological polar surface area (TPSA) is 26.0 Å². The Morgan fingerprint density at radius 2 is 2.38 bits per heavy atom. The van der Waals surface area contributed by atoms with Crippen molar-refractivity contribution >= 4 is 0 Å². The highest BCUT2D eigenvalue weighted by atomic mass is 14.6. The summed E-state index contributed by atoms with van der Waals surface area (Å²) in [5.41, 5.74) is 5.42. The molecule has 0 aliphatic rings. The Morgan fingerprint density at radius 3 is 2.75 bits per heavy atom. The third-order valence-electron chi connectivity index (χ3n) is 1.08. The SMILES string of the molecule is C#CC(N)CCCC. The minimum absolute atomic E-state index is 0.0186. The van der Waals surface area contributed by atoms with Crippen molar-refractivity contribution in [2.45, 2.75) is 32.2 Å². The monoisotopic (exact) mass is 111 g/mol. The van der Waals surface area contributed by atoms with Gasteiger partial charge in [0.15, 0.2) is 0 Å². The predicted octanol–water partition coefficient (Wildman–Crippen LogP) is 1.14. The van der Waals surface area contributed by atoms with E-state index < -0.39 is 0 Å². The molecule has 8 heavy (non-hydrogen) atoms. The van der Waals surface area contributed by atoms with Crippen molar-refractivity contribution in [1.29, 1.82) is 0 Å². The van der Waals surface area contributed by atoms with E-state index in [-0.39, 0.29) is 6.04 Å². The van der Waals surface area contributed by atoms with E-state index in [0.29, 0.717) is 0 Å². The molecule has 0 aromatic rings. The molecule has 0 rings (SSSR count). The lowest BCUT2D eigenvalue weighted by molar-refractivity contribution is 0.667. The normalized spacial score (nSPS) is 12.6. The number of unbranched alkanes of at least 4 members (excludes halogenated alkanes) is 1. The van der Waals surface area contributed by atoms with E-state index in [4.69, 9.17) is 12.2 Å². The molecule has 1 heteroatoms. The smallest absolute Gasteiger partial charge is 0.0661 e. The van der Waals surface area contributed by atoms with Crippen LogP contribution in [0.15, 0.2) is 0 Å². The fourth-order valence-corrected chi connectivity index (χ4v) is 0.507. The molecule has 0 amide bonds. The van der Waals surface area contributed by atoms with Gasteiger partial charge in [0, 0.05) is 0 Å². The summed E-state index contributed by atoms with van der Waals surface area (Å²) in [5, 5.41) is 0. The number of rotatable bonds is 3. The molecule has 0 fully saturated rings. The van der Waals surface area contributed by atoms with Crippen LogP contribution in [-0.2, 0) is 0 Å². The fraction of sp³-hybridized carbons (Fsp3) is 0.714. The van der Waals surface area contributed by atoms with E-state index >= 15 is 0 Å². The second-order valence-corrected chi connectivity index (χ2v) is 1.92. The molecular formula is C7H13N. The molecule has 1 unspecified atom stereocenters. The first-order valence-corrected chi connectivity index (χ1v) is 3.03. The van der Waals surface area contributed by atoms with Crippen LogP contribution in [0.4, 0.5) is 0 Å². The van der Waals surface area contributed by atoms with Crippen molar-refractivity contribution in [2.24, 2.45) is 5.73 Å². The van der Waals surface area contributed by atoms with E-state index in [0.717, 1.165) is 12.8 Å². The summed E-state index contributed by atoms with van der Waals surface area (Å²) < 4.78 is 0. The van der Waals surface area contributed by atoms with Gasteiger partial charge >= 0.3 is 0 Å². The molecule has 46 valence electrons. The van der Waals surface area contributed by atoms with Crippen molar-refractivity contribution < 1.29 is 0 Å². The molecule has 0 aromatic heterocycles. The van der Waals surface area contributed by atoms with Gasteiger partial charge in [-0.05, 0) is 6.42 Å². The zero-order valence-corrected chi connectivity index (χ0v) is 5.35. The molecule has 1 atom stereocenters. The molecule has 0 aliphatic heterocycles. The van der Waals surface area contributed by atoms with Gasteiger partial charge in [-0.1, -0.05) is 25.7 Å². The Bertz CT molecular complexity index is 80.9. The van der Waals surface area contributed by atoms with Crippen molar-refractivity contribution in [3.05, 3.63) is 0 Å². The van der Waals surface area contributed by atoms with Crippen molar-refractivity contribution in [2.75, 3.05) is 0 Å². The van der Waals surface area contributed by atoms with Crippen LogP contribution in [-0.4, -0.2) is 6.04 Å². The average molecular weight is 111 g/mol. The summed E-state index contributed by atoms with van der Waals surface area (Å²) in [4.78, 5) is 0. The first-order valence-electron chi connectivity index (χ1n) is 3.03. The zero-order chi connectivity index (χ0) is 6.41. The second-order valence-electron chi connectivity index (χ2n) is 1.92. The highest BCUT2D eigenvalue weighted by Crippen LogP contribution is 1.95. The number of hydrogen-bond donors (Lipinski definition) is 1. The molecular weight excluding hydrogens is 98.1 g/mol. The summed E-state index contributed by atoms with van der Waals surface area (Å²) in [6.45, 7) is 2.13. The van der Waals surface area contributed by atoms with Crippen molar-refractivity contribution in [3.63, 3.8) is 0 Å². The van der Waals surface area contributed by atoms with Gasteiger partial charge in [-0.25, -0.2) is 0 Å². The Kier molecular flexibility index (Phi) is 4.39. The van der Waals surface area contributed by atoms with Gasteiger partial charge in [-0.2, -0.15) is 0 Å². The van der Waals surface area contributed by atoms with E-state index in [1.165, 1.54) is 6.42 Å². The summed E-state index contributed by atoms with van der Waals surface area (Å²) >= 11 is 0. The fourth-order valence-electron chi connectivity index (χ4n) is 0.507. The quantitative estimate of drug-likeness (QED) is 0.543. The lowest BCUT2D eigenvalue weighted by Crippen LogP contribution is -2.16. The largest absolute Gasteiger partial charge is 0.318 e. The van der Waals surface area contributed by atoms with E-state index in [9.17, 15) is 0 Å². The molecule has 0 heterocycles. The molecule has 0 aromatic carbocycles. The Morgan fingerprint density at radius 1 is 1.75 bits per heavy atom. The highest BCUT2D eigenvalue weighted by Gasteiger charge is 1.92. The van der Waals surface area contributed by atoms with Crippen LogP contribution in [0.1, 0.15) is 26.2 Å². The second kappa shape index (κ2) is 4.67. The van der Waals surface area contributed by atoms with E-state index in [1.807, 2.05) is 0 Å². The summed E-state index contributed by atoms with van der Waals surface area (Å²) in [7, 11) is 0. The molecule has 2 N–H and O–H groups in total. The molecule has 0 bridgehead atoms. The Hall–Kier alpha value is -0.480. The zero-order valence-electron chi connectivity index (χ0n) is 5.35. The lowest BCUT2D eigenvalue weighted by atomic mass is 10.1. The molecule has 0 spiro atoms. The van der Waals surface area contributed by atoms with Gasteiger partial charge < -0.3 is 5.73 Å². The van der Waals surface area contributed by atoms with Gasteiger partial charge in [0.05, 0.1) is 6.04 Å². The Labute approximate surface area is 51.3 Å². The molecule has 0 radical (unpaired) electrons. The highest BCUT2D eigenvalue weighted by molar-refractivity contribution is 4.95. The first-order chi connectivity index (χ1) is 3.81. The summed E-state index contributed by atoms with van der Waals surface area (Å²) in [5.74, 6) is 2.48. The third-order valence-corrected chi connectivity index (χ3v) is 1.08. The van der Waals surface area contributed by atoms with Crippen LogP contribution in [0.25, 0.3) is 0 Å². The van der Waals surface area contributed by atoms with Crippen LogP contribution >= 0.6 is 0 Å². The third kappa shape index (κ3) is 3.70. The van der Waals surface area contributed by atoms with Crippen LogP contribution < -0.4 is 5.73 Å². The molecule has 1 nitrogen and oxygen atoms in total.